The third-order valence-electron chi connectivity index (χ3n) is 3.12. The second kappa shape index (κ2) is 7.22. The average Bonchev–Trinajstić information content (AvgIpc) is 2.33. The topological polar surface area (TPSA) is 108 Å². The van der Waals surface area contributed by atoms with Crippen molar-refractivity contribution in [3.8, 4) is 0 Å². The van der Waals surface area contributed by atoms with E-state index in [9.17, 15) is 14.4 Å². The lowest BCUT2D eigenvalue weighted by Crippen LogP contribution is -2.49. The van der Waals surface area contributed by atoms with Crippen LogP contribution in [0.5, 0.6) is 0 Å². The molecule has 1 rings (SSSR count). The van der Waals surface area contributed by atoms with Gasteiger partial charge in [-0.15, -0.1) is 0 Å². The van der Waals surface area contributed by atoms with Crippen molar-refractivity contribution in [1.82, 2.24) is 16.0 Å². The summed E-state index contributed by atoms with van der Waals surface area (Å²) in [5.74, 6) is -1.65. The van der Waals surface area contributed by atoms with E-state index in [1.165, 1.54) is 6.42 Å². The molecular weight excluding hydrogens is 270 g/mol. The Labute approximate surface area is 115 Å². The van der Waals surface area contributed by atoms with Crippen molar-refractivity contribution < 1.29 is 19.5 Å². The lowest BCUT2D eigenvalue weighted by Gasteiger charge is -2.40. The molecule has 0 aliphatic heterocycles. The Balaban J connectivity index is 2.14. The highest BCUT2D eigenvalue weighted by atomic mass is 32.2. The molecule has 8 heteroatoms. The first-order valence-corrected chi connectivity index (χ1v) is 7.25. The largest absolute Gasteiger partial charge is 0.480 e. The molecule has 0 aromatic carbocycles. The van der Waals surface area contributed by atoms with E-state index in [0.29, 0.717) is 6.54 Å². The Kier molecular flexibility index (Phi) is 5.94. The molecule has 108 valence electrons. The third-order valence-corrected chi connectivity index (χ3v) is 4.53. The number of aliphatic carboxylic acids is 1. The first kappa shape index (κ1) is 15.6. The van der Waals surface area contributed by atoms with E-state index in [4.69, 9.17) is 5.11 Å². The molecule has 7 nitrogen and oxygen atoms in total. The molecular formula is C11H19N3O4S. The SMILES string of the molecule is CSC1(CNC(=O)NCC(=O)NCC(=O)O)CCC1. The smallest absolute Gasteiger partial charge is 0.322 e. The van der Waals surface area contributed by atoms with E-state index < -0.39 is 24.5 Å². The number of carboxylic acids is 1. The zero-order chi connectivity index (χ0) is 14.3. The Morgan fingerprint density at radius 3 is 2.32 bits per heavy atom. The summed E-state index contributed by atoms with van der Waals surface area (Å²) in [6, 6.07) is -0.411. The van der Waals surface area contributed by atoms with Gasteiger partial charge in [0.05, 0.1) is 6.54 Å². The molecule has 19 heavy (non-hydrogen) atoms. The fraction of sp³-hybridized carbons (Fsp3) is 0.727. The van der Waals surface area contributed by atoms with Gasteiger partial charge < -0.3 is 21.1 Å². The number of amides is 3. The minimum absolute atomic E-state index is 0.142. The molecule has 0 radical (unpaired) electrons. The fourth-order valence-electron chi connectivity index (χ4n) is 1.73. The summed E-state index contributed by atoms with van der Waals surface area (Å²) in [5.41, 5.74) is 0. The van der Waals surface area contributed by atoms with Gasteiger partial charge in [0.25, 0.3) is 0 Å². The highest BCUT2D eigenvalue weighted by molar-refractivity contribution is 8.00. The monoisotopic (exact) mass is 289 g/mol. The molecule has 1 fully saturated rings. The molecule has 4 N–H and O–H groups in total. The van der Waals surface area contributed by atoms with Crippen LogP contribution >= 0.6 is 11.8 Å². The number of carboxylic acid groups (broad SMARTS) is 1. The second-order valence-electron chi connectivity index (χ2n) is 4.45. The van der Waals surface area contributed by atoms with Crippen molar-refractivity contribution in [3.63, 3.8) is 0 Å². The maximum atomic E-state index is 11.5. The summed E-state index contributed by atoms with van der Waals surface area (Å²) in [5, 5.41) is 15.6. The quantitative estimate of drug-likeness (QED) is 0.518. The summed E-state index contributed by atoms with van der Waals surface area (Å²) < 4.78 is 0.142. The fourth-order valence-corrected chi connectivity index (χ4v) is 2.64. The van der Waals surface area contributed by atoms with Crippen LogP contribution in [0.1, 0.15) is 19.3 Å². The van der Waals surface area contributed by atoms with Crippen molar-refractivity contribution in [2.75, 3.05) is 25.9 Å². The van der Waals surface area contributed by atoms with Crippen molar-refractivity contribution in [2.45, 2.75) is 24.0 Å². The molecule has 0 spiro atoms. The molecule has 0 saturated heterocycles. The van der Waals surface area contributed by atoms with Crippen molar-refractivity contribution >= 4 is 29.7 Å². The van der Waals surface area contributed by atoms with Crippen LogP contribution in [0.2, 0.25) is 0 Å². The molecule has 0 aromatic rings. The predicted octanol–water partition coefficient (Wildman–Crippen LogP) is -0.228. The van der Waals surface area contributed by atoms with Crippen LogP contribution in [0.25, 0.3) is 0 Å². The predicted molar refractivity (Wildman–Crippen MR) is 72.1 cm³/mol. The zero-order valence-corrected chi connectivity index (χ0v) is 11.6. The minimum Gasteiger partial charge on any atom is -0.480 e. The van der Waals surface area contributed by atoms with Crippen LogP contribution in [-0.4, -0.2) is 53.7 Å². The second-order valence-corrected chi connectivity index (χ2v) is 5.72. The number of hydrogen-bond acceptors (Lipinski definition) is 4. The molecule has 3 amide bonds. The minimum atomic E-state index is -1.12. The van der Waals surface area contributed by atoms with Gasteiger partial charge in [-0.25, -0.2) is 4.79 Å². The van der Waals surface area contributed by atoms with Gasteiger partial charge in [0.15, 0.2) is 0 Å². The van der Waals surface area contributed by atoms with Gasteiger partial charge in [0.1, 0.15) is 6.54 Å². The van der Waals surface area contributed by atoms with E-state index in [-0.39, 0.29) is 11.3 Å². The van der Waals surface area contributed by atoms with Gasteiger partial charge in [-0.3, -0.25) is 9.59 Å². The summed E-state index contributed by atoms with van der Waals surface area (Å²) in [6.45, 7) is -0.0974. The van der Waals surface area contributed by atoms with Crippen LogP contribution in [0.4, 0.5) is 4.79 Å². The Morgan fingerprint density at radius 2 is 1.84 bits per heavy atom. The van der Waals surface area contributed by atoms with Crippen LogP contribution in [0.3, 0.4) is 0 Å². The summed E-state index contributed by atoms with van der Waals surface area (Å²) in [4.78, 5) is 32.8. The number of thioether (sulfide) groups is 1. The van der Waals surface area contributed by atoms with E-state index in [1.807, 2.05) is 6.26 Å². The first-order valence-electron chi connectivity index (χ1n) is 6.03. The molecule has 0 aromatic heterocycles. The van der Waals surface area contributed by atoms with Gasteiger partial charge >= 0.3 is 12.0 Å². The van der Waals surface area contributed by atoms with Crippen LogP contribution in [-0.2, 0) is 9.59 Å². The molecule has 1 aliphatic rings. The van der Waals surface area contributed by atoms with E-state index in [1.54, 1.807) is 11.8 Å². The lowest BCUT2D eigenvalue weighted by atomic mass is 9.84. The van der Waals surface area contributed by atoms with Gasteiger partial charge in [-0.2, -0.15) is 11.8 Å². The zero-order valence-electron chi connectivity index (χ0n) is 10.8. The van der Waals surface area contributed by atoms with E-state index in [2.05, 4.69) is 16.0 Å². The maximum absolute atomic E-state index is 11.5. The lowest BCUT2D eigenvalue weighted by molar-refractivity contribution is -0.137. The summed E-state index contributed by atoms with van der Waals surface area (Å²) in [6.07, 6.45) is 5.39. The van der Waals surface area contributed by atoms with Crippen molar-refractivity contribution in [1.29, 1.82) is 0 Å². The standard InChI is InChI=1S/C11H19N3O4S/c1-19-11(3-2-4-11)7-14-10(18)13-5-8(15)12-6-9(16)17/h2-7H2,1H3,(H,12,15)(H,16,17)(H2,13,14,18). The highest BCUT2D eigenvalue weighted by Gasteiger charge is 2.36. The van der Waals surface area contributed by atoms with Crippen LogP contribution in [0.15, 0.2) is 0 Å². The van der Waals surface area contributed by atoms with E-state index in [0.717, 1.165) is 12.8 Å². The Bertz CT molecular complexity index is 352. The number of nitrogens with one attached hydrogen (secondary N) is 3. The summed E-state index contributed by atoms with van der Waals surface area (Å²) in [7, 11) is 0. The van der Waals surface area contributed by atoms with Crippen molar-refractivity contribution in [3.05, 3.63) is 0 Å². The third kappa shape index (κ3) is 5.37. The number of carbonyl (C=O) groups excluding carboxylic acids is 2. The number of carbonyl (C=O) groups is 3. The molecule has 0 atom stereocenters. The first-order chi connectivity index (χ1) is 8.97. The van der Waals surface area contributed by atoms with Crippen molar-refractivity contribution in [2.24, 2.45) is 0 Å². The Morgan fingerprint density at radius 1 is 1.16 bits per heavy atom. The molecule has 1 saturated carbocycles. The van der Waals surface area contributed by atoms with E-state index >= 15 is 0 Å². The van der Waals surface area contributed by atoms with Gasteiger partial charge in [-0.05, 0) is 19.1 Å². The average molecular weight is 289 g/mol. The number of rotatable bonds is 7. The van der Waals surface area contributed by atoms with Gasteiger partial charge in [0, 0.05) is 11.3 Å². The molecule has 0 heterocycles. The Hall–Kier alpha value is -1.44. The molecule has 0 unspecified atom stereocenters. The van der Waals surface area contributed by atoms with Gasteiger partial charge in [0.2, 0.25) is 5.91 Å². The van der Waals surface area contributed by atoms with Crippen LogP contribution < -0.4 is 16.0 Å². The molecule has 1 aliphatic carbocycles. The summed E-state index contributed by atoms with van der Waals surface area (Å²) >= 11 is 1.75. The normalized spacial score (nSPS) is 16.1. The number of hydrogen-bond donors (Lipinski definition) is 4. The van der Waals surface area contributed by atoms with Crippen LogP contribution in [0, 0.1) is 0 Å². The maximum Gasteiger partial charge on any atom is 0.322 e. The number of urea groups is 1. The molecule has 0 bridgehead atoms. The highest BCUT2D eigenvalue weighted by Crippen LogP contribution is 2.42. The van der Waals surface area contributed by atoms with Gasteiger partial charge in [-0.1, -0.05) is 6.42 Å².